The lowest BCUT2D eigenvalue weighted by Crippen LogP contribution is -2.57. The lowest BCUT2D eigenvalue weighted by atomic mass is 9.96. The maximum atomic E-state index is 13.4. The van der Waals surface area contributed by atoms with Crippen LogP contribution in [0.3, 0.4) is 0 Å². The Morgan fingerprint density at radius 1 is 1.12 bits per heavy atom. The number of halogens is 3. The number of nitrogens with zero attached hydrogens (tertiary/aromatic N) is 1. The fourth-order valence-corrected chi connectivity index (χ4v) is 3.26. The van der Waals surface area contributed by atoms with Crippen molar-refractivity contribution in [2.75, 3.05) is 25.8 Å². The van der Waals surface area contributed by atoms with Gasteiger partial charge in [0.25, 0.3) is 5.91 Å². The Hall–Kier alpha value is -3.33. The highest BCUT2D eigenvalue weighted by atomic mass is 19.4. The number of anilines is 1. The van der Waals surface area contributed by atoms with Crippen LogP contribution in [0.25, 0.3) is 5.57 Å². The molecule has 0 saturated heterocycles. The summed E-state index contributed by atoms with van der Waals surface area (Å²) in [7, 11) is 1.47. The van der Waals surface area contributed by atoms with E-state index in [1.54, 1.807) is 30.3 Å². The summed E-state index contributed by atoms with van der Waals surface area (Å²) in [6.07, 6.45) is -4.54. The number of carbonyl (C=O) groups is 2. The Morgan fingerprint density at radius 2 is 1.81 bits per heavy atom. The van der Waals surface area contributed by atoms with E-state index in [4.69, 9.17) is 9.47 Å². The first-order valence-corrected chi connectivity index (χ1v) is 9.76. The van der Waals surface area contributed by atoms with Crippen LogP contribution in [0, 0.1) is 0 Å². The second kappa shape index (κ2) is 9.04. The zero-order valence-corrected chi connectivity index (χ0v) is 17.8. The number of benzene rings is 2. The predicted octanol–water partition coefficient (Wildman–Crippen LogP) is 4.30. The van der Waals surface area contributed by atoms with Gasteiger partial charge in [0.15, 0.2) is 6.73 Å². The van der Waals surface area contributed by atoms with E-state index < -0.39 is 29.1 Å². The number of ether oxygens (including phenoxy) is 2. The van der Waals surface area contributed by atoms with Gasteiger partial charge in [-0.25, -0.2) is 0 Å². The maximum absolute atomic E-state index is 13.4. The van der Waals surface area contributed by atoms with Crippen LogP contribution in [0.15, 0.2) is 60.4 Å². The zero-order chi connectivity index (χ0) is 23.5. The second-order valence-electron chi connectivity index (χ2n) is 7.70. The van der Waals surface area contributed by atoms with Crippen LogP contribution in [0.5, 0.6) is 0 Å². The van der Waals surface area contributed by atoms with Crippen LogP contribution in [0.2, 0.25) is 0 Å². The van der Waals surface area contributed by atoms with Gasteiger partial charge in [0.05, 0.1) is 11.1 Å². The Kier molecular flexibility index (Phi) is 6.59. The maximum Gasteiger partial charge on any atom is 0.416 e. The molecule has 0 saturated carbocycles. The van der Waals surface area contributed by atoms with Crippen molar-refractivity contribution in [1.29, 1.82) is 0 Å². The number of hydrogen-bond acceptors (Lipinski definition) is 4. The largest absolute Gasteiger partial charge is 0.474 e. The number of nitrogens with one attached hydrogen (secondary N) is 1. The van der Waals surface area contributed by atoms with Crippen molar-refractivity contribution in [3.8, 4) is 0 Å². The van der Waals surface area contributed by atoms with Crippen LogP contribution >= 0.6 is 0 Å². The predicted molar refractivity (Wildman–Crippen MR) is 112 cm³/mol. The van der Waals surface area contributed by atoms with Gasteiger partial charge in [-0.2, -0.15) is 13.2 Å². The van der Waals surface area contributed by atoms with E-state index in [1.165, 1.54) is 38.0 Å². The molecule has 1 aliphatic rings. The second-order valence-corrected chi connectivity index (χ2v) is 7.70. The molecule has 0 radical (unpaired) electrons. The van der Waals surface area contributed by atoms with E-state index >= 15 is 0 Å². The van der Waals surface area contributed by atoms with Crippen LogP contribution in [-0.2, 0) is 25.2 Å². The fraction of sp³-hybridized carbons (Fsp3) is 0.304. The number of carbonyl (C=O) groups excluding carboxylic acids is 2. The number of methoxy groups -OCH3 is 1. The minimum absolute atomic E-state index is 0.0258. The third kappa shape index (κ3) is 4.77. The molecular weight excluding hydrogens is 425 g/mol. The molecule has 0 unspecified atom stereocenters. The minimum Gasteiger partial charge on any atom is -0.474 e. The Bertz CT molecular complexity index is 1030. The average molecular weight is 448 g/mol. The van der Waals surface area contributed by atoms with Crippen molar-refractivity contribution in [1.82, 2.24) is 4.90 Å². The van der Waals surface area contributed by atoms with Crippen LogP contribution in [-0.4, -0.2) is 42.7 Å². The van der Waals surface area contributed by atoms with Gasteiger partial charge < -0.3 is 14.8 Å². The number of amides is 2. The van der Waals surface area contributed by atoms with Crippen molar-refractivity contribution in [2.24, 2.45) is 0 Å². The molecule has 1 aliphatic heterocycles. The summed E-state index contributed by atoms with van der Waals surface area (Å²) in [6.45, 7) is 2.86. The van der Waals surface area contributed by atoms with Gasteiger partial charge >= 0.3 is 6.18 Å². The van der Waals surface area contributed by atoms with Crippen molar-refractivity contribution in [3.05, 3.63) is 71.5 Å². The molecule has 2 aromatic rings. The third-order valence-electron chi connectivity index (χ3n) is 5.12. The summed E-state index contributed by atoms with van der Waals surface area (Å²) in [4.78, 5) is 27.6. The Labute approximate surface area is 183 Å². The first-order chi connectivity index (χ1) is 15.1. The van der Waals surface area contributed by atoms with Crippen molar-refractivity contribution < 1.29 is 32.2 Å². The molecule has 6 nitrogen and oxygen atoms in total. The summed E-state index contributed by atoms with van der Waals surface area (Å²) in [6, 6.07) is 13.1. The molecular formula is C23H23F3N2O4. The summed E-state index contributed by atoms with van der Waals surface area (Å²) in [5.41, 5.74) is -1.47. The molecule has 0 fully saturated rings. The first kappa shape index (κ1) is 23.3. The summed E-state index contributed by atoms with van der Waals surface area (Å²) in [5.74, 6) is -0.760. The monoisotopic (exact) mass is 448 g/mol. The van der Waals surface area contributed by atoms with E-state index in [0.717, 1.165) is 12.1 Å². The molecule has 32 heavy (non-hydrogen) atoms. The van der Waals surface area contributed by atoms with E-state index in [0.29, 0.717) is 11.3 Å². The van der Waals surface area contributed by atoms with E-state index in [-0.39, 0.29) is 24.6 Å². The molecule has 0 atom stereocenters. The standard InChI is InChI=1S/C23H23F3N2O4/c1-22(2,21(30)27-17-11-7-10-16(12-17)23(24,25)26)28-14-32-18(13-31-3)19(20(28)29)15-8-5-4-6-9-15/h4-12H,13-14H2,1-3H3,(H,27,30). The molecule has 0 aliphatic carbocycles. The quantitative estimate of drug-likeness (QED) is 0.716. The van der Waals surface area contributed by atoms with Gasteiger partial charge in [-0.3, -0.25) is 14.5 Å². The highest BCUT2D eigenvalue weighted by Gasteiger charge is 2.43. The SMILES string of the molecule is COCC1=C(c2ccccc2)C(=O)N(C(C)(C)C(=O)Nc2cccc(C(F)(F)F)c2)CO1. The van der Waals surface area contributed by atoms with Crippen molar-refractivity contribution in [3.63, 3.8) is 0 Å². The van der Waals surface area contributed by atoms with E-state index in [1.807, 2.05) is 0 Å². The average Bonchev–Trinajstić information content (AvgIpc) is 2.74. The molecule has 0 aromatic heterocycles. The zero-order valence-electron chi connectivity index (χ0n) is 17.8. The molecule has 1 N–H and O–H groups in total. The molecule has 1 heterocycles. The van der Waals surface area contributed by atoms with E-state index in [2.05, 4.69) is 5.32 Å². The van der Waals surface area contributed by atoms with Gasteiger partial charge in [0, 0.05) is 12.8 Å². The topological polar surface area (TPSA) is 67.9 Å². The summed E-state index contributed by atoms with van der Waals surface area (Å²) < 4.78 is 49.9. The first-order valence-electron chi connectivity index (χ1n) is 9.76. The highest BCUT2D eigenvalue weighted by molar-refractivity contribution is 6.22. The lowest BCUT2D eigenvalue weighted by Gasteiger charge is -2.40. The lowest BCUT2D eigenvalue weighted by molar-refractivity contribution is -0.147. The number of rotatable bonds is 6. The van der Waals surface area contributed by atoms with Crippen LogP contribution in [0.1, 0.15) is 25.0 Å². The van der Waals surface area contributed by atoms with Gasteiger partial charge in [-0.1, -0.05) is 36.4 Å². The van der Waals surface area contributed by atoms with Gasteiger partial charge in [0.2, 0.25) is 5.91 Å². The number of alkyl halides is 3. The minimum atomic E-state index is -4.54. The third-order valence-corrected chi connectivity index (χ3v) is 5.12. The van der Waals surface area contributed by atoms with Crippen molar-refractivity contribution >= 4 is 23.1 Å². The molecule has 9 heteroatoms. The number of hydrogen-bond donors (Lipinski definition) is 1. The van der Waals surface area contributed by atoms with Gasteiger partial charge in [0.1, 0.15) is 17.9 Å². The summed E-state index contributed by atoms with van der Waals surface area (Å²) >= 11 is 0. The molecule has 0 bridgehead atoms. The summed E-state index contributed by atoms with van der Waals surface area (Å²) in [5, 5.41) is 2.47. The van der Waals surface area contributed by atoms with E-state index in [9.17, 15) is 22.8 Å². The molecule has 3 rings (SSSR count). The van der Waals surface area contributed by atoms with Gasteiger partial charge in [-0.15, -0.1) is 0 Å². The normalized spacial score (nSPS) is 14.9. The van der Waals surface area contributed by atoms with Crippen molar-refractivity contribution in [2.45, 2.75) is 25.6 Å². The molecule has 170 valence electrons. The molecule has 0 spiro atoms. The molecule has 2 amide bonds. The molecule has 2 aromatic carbocycles. The Balaban J connectivity index is 1.88. The van der Waals surface area contributed by atoms with Gasteiger partial charge in [-0.05, 0) is 37.6 Å². The smallest absolute Gasteiger partial charge is 0.416 e. The van der Waals surface area contributed by atoms with Crippen LogP contribution in [0.4, 0.5) is 18.9 Å². The van der Waals surface area contributed by atoms with Crippen LogP contribution < -0.4 is 5.32 Å². The Morgan fingerprint density at radius 3 is 2.44 bits per heavy atom. The fourth-order valence-electron chi connectivity index (χ4n) is 3.26. The highest BCUT2D eigenvalue weighted by Crippen LogP contribution is 2.33.